The van der Waals surface area contributed by atoms with Crippen LogP contribution in [0.5, 0.6) is 0 Å². The third-order valence-corrected chi connectivity index (χ3v) is 4.29. The van der Waals surface area contributed by atoms with Gasteiger partial charge in [0.1, 0.15) is 11.8 Å². The van der Waals surface area contributed by atoms with Crippen molar-refractivity contribution in [3.8, 4) is 0 Å². The van der Waals surface area contributed by atoms with Crippen LogP contribution in [0.25, 0.3) is 10.8 Å². The Hall–Kier alpha value is -1.24. The van der Waals surface area contributed by atoms with Gasteiger partial charge in [-0.15, -0.1) is 5.10 Å². The molecule has 6 heteroatoms. The van der Waals surface area contributed by atoms with Crippen molar-refractivity contribution in [1.29, 1.82) is 0 Å². The van der Waals surface area contributed by atoms with E-state index in [2.05, 4.69) is 42.2 Å². The maximum absolute atomic E-state index is 10.5. The van der Waals surface area contributed by atoms with Gasteiger partial charge >= 0.3 is 0 Å². The topological polar surface area (TPSA) is 50.9 Å². The van der Waals surface area contributed by atoms with Crippen molar-refractivity contribution < 1.29 is 5.11 Å². The molecule has 2 aromatic carbocycles. The van der Waals surface area contributed by atoms with Crippen molar-refractivity contribution in [1.82, 2.24) is 15.0 Å². The second-order valence-corrected chi connectivity index (χ2v) is 6.21. The molecule has 0 fully saturated rings. The molecule has 0 aliphatic heterocycles. The summed E-state index contributed by atoms with van der Waals surface area (Å²) in [5.41, 5.74) is 1.45. The van der Waals surface area contributed by atoms with Gasteiger partial charge in [0.05, 0.1) is 0 Å². The lowest BCUT2D eigenvalue weighted by Gasteiger charge is -2.12. The van der Waals surface area contributed by atoms with E-state index in [4.69, 9.17) is 0 Å². The molecule has 3 rings (SSSR count). The third-order valence-electron chi connectivity index (χ3n) is 3.23. The molecule has 4 nitrogen and oxygen atoms in total. The molecule has 0 saturated carbocycles. The van der Waals surface area contributed by atoms with Crippen LogP contribution in [0.15, 0.2) is 45.5 Å². The minimum Gasteiger partial charge on any atom is -0.382 e. The number of aryl methyl sites for hydroxylation is 1. The highest BCUT2D eigenvalue weighted by molar-refractivity contribution is 9.10. The summed E-state index contributed by atoms with van der Waals surface area (Å²) in [4.78, 5) is 0. The van der Waals surface area contributed by atoms with Gasteiger partial charge in [-0.1, -0.05) is 39.3 Å². The van der Waals surface area contributed by atoms with E-state index in [-0.39, 0.29) is 0 Å². The van der Waals surface area contributed by atoms with Crippen LogP contribution in [0.1, 0.15) is 17.4 Å². The predicted octanol–water partition coefficient (Wildman–Crippen LogP) is 3.58. The Morgan fingerprint density at radius 3 is 2.50 bits per heavy atom. The summed E-state index contributed by atoms with van der Waals surface area (Å²) in [7, 11) is 1.76. The Balaban J connectivity index is 2.08. The molecule has 0 radical (unpaired) electrons. The molecule has 1 N–H and O–H groups in total. The van der Waals surface area contributed by atoms with Gasteiger partial charge in [0.2, 0.25) is 0 Å². The van der Waals surface area contributed by atoms with E-state index >= 15 is 0 Å². The lowest BCUT2D eigenvalue weighted by Crippen LogP contribution is -2.07. The van der Waals surface area contributed by atoms with E-state index in [1.165, 1.54) is 0 Å². The lowest BCUT2D eigenvalue weighted by atomic mass is 10.0. The van der Waals surface area contributed by atoms with Gasteiger partial charge in [-0.2, -0.15) is 0 Å². The molecule has 102 valence electrons. The Bertz CT molecular complexity index is 766. The standard InChI is InChI=1S/C14H11Br2N3O/c1-19-12(14(16)17-18-19)13(20)10-3-2-9-7-11(15)5-4-8(9)6-10/h2-7,13,20H,1H3. The first-order valence-electron chi connectivity index (χ1n) is 5.98. The summed E-state index contributed by atoms with van der Waals surface area (Å²) in [5.74, 6) is 0. The van der Waals surface area contributed by atoms with Crippen LogP contribution in [-0.4, -0.2) is 20.1 Å². The maximum atomic E-state index is 10.5. The predicted molar refractivity (Wildman–Crippen MR) is 84.4 cm³/mol. The van der Waals surface area contributed by atoms with Crippen LogP contribution in [0.4, 0.5) is 0 Å². The zero-order chi connectivity index (χ0) is 14.3. The number of halogens is 2. The van der Waals surface area contributed by atoms with Crippen molar-refractivity contribution in [2.75, 3.05) is 0 Å². The molecule has 0 saturated heterocycles. The van der Waals surface area contributed by atoms with Gasteiger partial charge in [-0.3, -0.25) is 0 Å². The van der Waals surface area contributed by atoms with Crippen LogP contribution in [-0.2, 0) is 7.05 Å². The fraction of sp³-hybridized carbons (Fsp3) is 0.143. The highest BCUT2D eigenvalue weighted by Gasteiger charge is 2.19. The molecular formula is C14H11Br2N3O. The van der Waals surface area contributed by atoms with Crippen LogP contribution >= 0.6 is 31.9 Å². The molecule has 0 aliphatic carbocycles. The van der Waals surface area contributed by atoms with E-state index < -0.39 is 6.10 Å². The summed E-state index contributed by atoms with van der Waals surface area (Å²) in [6, 6.07) is 11.9. The third kappa shape index (κ3) is 2.39. The summed E-state index contributed by atoms with van der Waals surface area (Å²) in [6.07, 6.45) is -0.766. The second kappa shape index (κ2) is 5.27. The van der Waals surface area contributed by atoms with Crippen molar-refractivity contribution in [3.05, 3.63) is 56.7 Å². The first kappa shape index (κ1) is 13.7. The van der Waals surface area contributed by atoms with E-state index in [0.29, 0.717) is 10.3 Å². The number of rotatable bonds is 2. The van der Waals surface area contributed by atoms with E-state index in [0.717, 1.165) is 20.8 Å². The van der Waals surface area contributed by atoms with Gasteiger partial charge in [0.15, 0.2) is 4.60 Å². The molecule has 1 unspecified atom stereocenters. The Morgan fingerprint density at radius 2 is 1.80 bits per heavy atom. The molecular weight excluding hydrogens is 386 g/mol. The lowest BCUT2D eigenvalue weighted by molar-refractivity contribution is 0.209. The molecule has 1 aromatic heterocycles. The normalized spacial score (nSPS) is 12.8. The Labute approximate surface area is 132 Å². The molecule has 1 atom stereocenters. The number of hydrogen-bond acceptors (Lipinski definition) is 3. The SMILES string of the molecule is Cn1nnc(Br)c1C(O)c1ccc2cc(Br)ccc2c1. The van der Waals surface area contributed by atoms with Crippen LogP contribution in [0.3, 0.4) is 0 Å². The molecule has 1 heterocycles. The van der Waals surface area contributed by atoms with Crippen molar-refractivity contribution >= 4 is 42.6 Å². The summed E-state index contributed by atoms with van der Waals surface area (Å²) in [5, 5.41) is 20.5. The average Bonchev–Trinajstić information content (AvgIpc) is 2.77. The molecule has 20 heavy (non-hydrogen) atoms. The number of nitrogens with zero attached hydrogens (tertiary/aromatic N) is 3. The van der Waals surface area contributed by atoms with E-state index in [1.54, 1.807) is 11.7 Å². The van der Waals surface area contributed by atoms with E-state index in [9.17, 15) is 5.11 Å². The number of aromatic nitrogens is 3. The number of hydrogen-bond donors (Lipinski definition) is 1. The number of aliphatic hydroxyl groups is 1. The first-order valence-corrected chi connectivity index (χ1v) is 7.57. The van der Waals surface area contributed by atoms with Gasteiger partial charge in [-0.05, 0) is 50.5 Å². The smallest absolute Gasteiger partial charge is 0.154 e. The minimum absolute atomic E-state index is 0.559. The number of fused-ring (bicyclic) bond motifs is 1. The average molecular weight is 397 g/mol. The maximum Gasteiger partial charge on any atom is 0.154 e. The second-order valence-electron chi connectivity index (χ2n) is 4.54. The highest BCUT2D eigenvalue weighted by Crippen LogP contribution is 2.29. The van der Waals surface area contributed by atoms with Crippen molar-refractivity contribution in [2.45, 2.75) is 6.10 Å². The summed E-state index contributed by atoms with van der Waals surface area (Å²) >= 11 is 6.77. The number of aliphatic hydroxyl groups excluding tert-OH is 1. The van der Waals surface area contributed by atoms with E-state index in [1.807, 2.05) is 36.4 Å². The molecule has 0 aliphatic rings. The van der Waals surface area contributed by atoms with Gasteiger partial charge in [0, 0.05) is 11.5 Å². The van der Waals surface area contributed by atoms with Crippen LogP contribution < -0.4 is 0 Å². The largest absolute Gasteiger partial charge is 0.382 e. The number of benzene rings is 2. The Kier molecular flexibility index (Phi) is 3.62. The quantitative estimate of drug-likeness (QED) is 0.720. The van der Waals surface area contributed by atoms with Gasteiger partial charge in [0.25, 0.3) is 0 Å². The fourth-order valence-corrected chi connectivity index (χ4v) is 3.12. The van der Waals surface area contributed by atoms with Crippen molar-refractivity contribution in [3.63, 3.8) is 0 Å². The van der Waals surface area contributed by atoms with Gasteiger partial charge in [-0.25, -0.2) is 4.68 Å². The van der Waals surface area contributed by atoms with Crippen LogP contribution in [0, 0.1) is 0 Å². The molecule has 0 spiro atoms. The molecule has 3 aromatic rings. The zero-order valence-corrected chi connectivity index (χ0v) is 13.8. The van der Waals surface area contributed by atoms with Crippen molar-refractivity contribution in [2.24, 2.45) is 7.05 Å². The molecule has 0 amide bonds. The summed E-state index contributed by atoms with van der Waals surface area (Å²) in [6.45, 7) is 0. The first-order chi connectivity index (χ1) is 9.56. The Morgan fingerprint density at radius 1 is 1.10 bits per heavy atom. The minimum atomic E-state index is -0.766. The zero-order valence-electron chi connectivity index (χ0n) is 10.6. The van der Waals surface area contributed by atoms with Crippen LogP contribution in [0.2, 0.25) is 0 Å². The fourth-order valence-electron chi connectivity index (χ4n) is 2.19. The summed E-state index contributed by atoms with van der Waals surface area (Å²) < 4.78 is 3.17. The molecule has 0 bridgehead atoms. The highest BCUT2D eigenvalue weighted by atomic mass is 79.9. The van der Waals surface area contributed by atoms with Gasteiger partial charge < -0.3 is 5.11 Å². The monoisotopic (exact) mass is 395 g/mol.